The molecule has 3 aromatic carbocycles. The first-order chi connectivity index (χ1) is 17.8. The summed E-state index contributed by atoms with van der Waals surface area (Å²) < 4.78 is 10.5. The Morgan fingerprint density at radius 3 is 2.38 bits per heavy atom. The second-order valence-electron chi connectivity index (χ2n) is 8.60. The van der Waals surface area contributed by atoms with Gasteiger partial charge in [-0.05, 0) is 66.1 Å². The van der Waals surface area contributed by atoms with Crippen LogP contribution in [0.5, 0.6) is 0 Å². The third-order valence-corrected chi connectivity index (χ3v) is 6.66. The number of furan rings is 1. The van der Waals surface area contributed by atoms with E-state index in [0.29, 0.717) is 32.8 Å². The van der Waals surface area contributed by atoms with Crippen LogP contribution in [-0.2, 0) is 16.0 Å². The molecule has 0 fully saturated rings. The van der Waals surface area contributed by atoms with E-state index in [1.165, 1.54) is 24.1 Å². The van der Waals surface area contributed by atoms with Gasteiger partial charge in [0.05, 0.1) is 24.3 Å². The first-order valence-electron chi connectivity index (χ1n) is 11.6. The van der Waals surface area contributed by atoms with Gasteiger partial charge in [0, 0.05) is 16.1 Å². The summed E-state index contributed by atoms with van der Waals surface area (Å²) in [6.45, 7) is 2.03. The maximum Gasteiger partial charge on any atom is 0.337 e. The lowest BCUT2D eigenvalue weighted by Gasteiger charge is -2.27. The SMILES string of the molecule is CCc1ccc(C2C(C(=O)c3cc4cc(Cl)ccc4o3)=C(O)C(=O)N2c2ccc(C(=O)OC)cc2)cc1. The number of aryl methyl sites for hydroxylation is 1. The molecule has 8 heteroatoms. The van der Waals surface area contributed by atoms with Crippen molar-refractivity contribution in [2.24, 2.45) is 0 Å². The molecule has 1 amide bonds. The molecule has 1 aliphatic heterocycles. The molecule has 1 unspecified atom stereocenters. The quantitative estimate of drug-likeness (QED) is 0.242. The average molecular weight is 516 g/mol. The number of carbonyl (C=O) groups is 3. The third kappa shape index (κ3) is 4.27. The van der Waals surface area contributed by atoms with E-state index in [9.17, 15) is 19.5 Å². The highest BCUT2D eigenvalue weighted by Gasteiger charge is 2.45. The third-order valence-electron chi connectivity index (χ3n) is 6.43. The first kappa shape index (κ1) is 24.3. The fourth-order valence-electron chi connectivity index (χ4n) is 4.49. The summed E-state index contributed by atoms with van der Waals surface area (Å²) in [5.74, 6) is -2.56. The molecule has 0 spiro atoms. The smallest absolute Gasteiger partial charge is 0.337 e. The lowest BCUT2D eigenvalue weighted by atomic mass is 9.93. The number of ether oxygens (including phenoxy) is 1. The summed E-state index contributed by atoms with van der Waals surface area (Å²) in [6.07, 6.45) is 0.816. The minimum absolute atomic E-state index is 0.0234. The predicted octanol–water partition coefficient (Wildman–Crippen LogP) is 6.22. The lowest BCUT2D eigenvalue weighted by molar-refractivity contribution is -0.117. The number of rotatable bonds is 6. The number of carbonyl (C=O) groups excluding carboxylic acids is 3. The fourth-order valence-corrected chi connectivity index (χ4v) is 4.67. The van der Waals surface area contributed by atoms with Crippen molar-refractivity contribution in [3.8, 4) is 0 Å². The molecule has 1 N–H and O–H groups in total. The lowest BCUT2D eigenvalue weighted by Crippen LogP contribution is -2.31. The van der Waals surface area contributed by atoms with Gasteiger partial charge in [0.1, 0.15) is 5.58 Å². The highest BCUT2D eigenvalue weighted by atomic mass is 35.5. The van der Waals surface area contributed by atoms with E-state index in [2.05, 4.69) is 0 Å². The first-order valence-corrected chi connectivity index (χ1v) is 12.0. The van der Waals surface area contributed by atoms with E-state index in [4.69, 9.17) is 20.8 Å². The van der Waals surface area contributed by atoms with Crippen LogP contribution in [0, 0.1) is 0 Å². The van der Waals surface area contributed by atoms with Crippen molar-refractivity contribution in [2.75, 3.05) is 12.0 Å². The van der Waals surface area contributed by atoms with Gasteiger partial charge in [-0.1, -0.05) is 42.8 Å². The Morgan fingerprint density at radius 1 is 1.03 bits per heavy atom. The highest BCUT2D eigenvalue weighted by molar-refractivity contribution is 6.31. The van der Waals surface area contributed by atoms with Crippen molar-refractivity contribution in [3.63, 3.8) is 0 Å². The summed E-state index contributed by atoms with van der Waals surface area (Å²) in [7, 11) is 1.28. The molecular weight excluding hydrogens is 494 g/mol. The van der Waals surface area contributed by atoms with E-state index in [-0.39, 0.29) is 11.3 Å². The van der Waals surface area contributed by atoms with E-state index < -0.39 is 29.5 Å². The van der Waals surface area contributed by atoms with Gasteiger partial charge in [-0.15, -0.1) is 0 Å². The zero-order chi connectivity index (χ0) is 26.3. The van der Waals surface area contributed by atoms with Crippen molar-refractivity contribution in [2.45, 2.75) is 19.4 Å². The molecule has 0 saturated carbocycles. The number of halogens is 1. The number of benzene rings is 3. The van der Waals surface area contributed by atoms with Gasteiger partial charge in [-0.25, -0.2) is 4.79 Å². The van der Waals surface area contributed by atoms with Gasteiger partial charge in [0.25, 0.3) is 5.91 Å². The van der Waals surface area contributed by atoms with Gasteiger partial charge in [0.2, 0.25) is 5.78 Å². The van der Waals surface area contributed by atoms with Gasteiger partial charge in [0.15, 0.2) is 11.5 Å². The van der Waals surface area contributed by atoms with Crippen molar-refractivity contribution >= 4 is 45.9 Å². The molecule has 0 radical (unpaired) electrons. The second-order valence-corrected chi connectivity index (χ2v) is 9.03. The normalized spacial score (nSPS) is 15.5. The summed E-state index contributed by atoms with van der Waals surface area (Å²) in [6, 6.07) is 19.3. The topological polar surface area (TPSA) is 97.0 Å². The van der Waals surface area contributed by atoms with Crippen molar-refractivity contribution < 1.29 is 28.6 Å². The van der Waals surface area contributed by atoms with Gasteiger partial charge >= 0.3 is 5.97 Å². The van der Waals surface area contributed by atoms with Crippen molar-refractivity contribution in [1.29, 1.82) is 0 Å². The van der Waals surface area contributed by atoms with Crippen LogP contribution in [-0.4, -0.2) is 29.9 Å². The molecule has 1 aromatic heterocycles. The Kier molecular flexibility index (Phi) is 6.31. The molecule has 5 rings (SSSR count). The molecule has 7 nitrogen and oxygen atoms in total. The molecule has 1 aliphatic rings. The maximum atomic E-state index is 13.7. The summed E-state index contributed by atoms with van der Waals surface area (Å²) >= 11 is 6.08. The number of fused-ring (bicyclic) bond motifs is 1. The average Bonchev–Trinajstić information content (AvgIpc) is 3.46. The standard InChI is InChI=1S/C29H22ClNO6/c1-3-16-4-6-17(7-5-16)25-24(26(32)23-15-19-14-20(30)10-13-22(19)37-23)27(33)28(34)31(25)21-11-8-18(9-12-21)29(35)36-2/h4-15,25,33H,3H2,1-2H3. The molecule has 2 heterocycles. The summed E-state index contributed by atoms with van der Waals surface area (Å²) in [4.78, 5) is 40.3. The number of amides is 1. The number of aliphatic hydroxyl groups excluding tert-OH is 1. The number of hydrogen-bond acceptors (Lipinski definition) is 6. The monoisotopic (exact) mass is 515 g/mol. The van der Waals surface area contributed by atoms with E-state index in [1.807, 2.05) is 31.2 Å². The minimum atomic E-state index is -0.924. The molecule has 1 atom stereocenters. The number of ketones is 1. The van der Waals surface area contributed by atoms with Crippen molar-refractivity contribution in [1.82, 2.24) is 0 Å². The molecule has 0 saturated heterocycles. The molecular formula is C29H22ClNO6. The Morgan fingerprint density at radius 2 is 1.73 bits per heavy atom. The van der Waals surface area contributed by atoms with E-state index in [1.54, 1.807) is 36.4 Å². The summed E-state index contributed by atoms with van der Waals surface area (Å²) in [5.41, 5.74) is 2.77. The minimum Gasteiger partial charge on any atom is -0.503 e. The predicted molar refractivity (Wildman–Crippen MR) is 139 cm³/mol. The zero-order valence-electron chi connectivity index (χ0n) is 20.0. The van der Waals surface area contributed by atoms with Gasteiger partial charge < -0.3 is 14.3 Å². The number of aliphatic hydroxyl groups is 1. The Labute approximate surface area is 217 Å². The van der Waals surface area contributed by atoms with Crippen LogP contribution >= 0.6 is 11.6 Å². The van der Waals surface area contributed by atoms with Crippen LogP contribution < -0.4 is 4.90 Å². The van der Waals surface area contributed by atoms with Crippen LogP contribution in [0.3, 0.4) is 0 Å². The van der Waals surface area contributed by atoms with Crippen LogP contribution in [0.4, 0.5) is 5.69 Å². The maximum absolute atomic E-state index is 13.7. The van der Waals surface area contributed by atoms with Crippen molar-refractivity contribution in [3.05, 3.63) is 112 Å². The van der Waals surface area contributed by atoms with Crippen LogP contribution in [0.25, 0.3) is 11.0 Å². The Balaban J connectivity index is 1.62. The Bertz CT molecular complexity index is 1570. The number of anilines is 1. The van der Waals surface area contributed by atoms with Crippen LogP contribution in [0.2, 0.25) is 5.02 Å². The summed E-state index contributed by atoms with van der Waals surface area (Å²) in [5, 5.41) is 12.1. The fraction of sp³-hybridized carbons (Fsp3) is 0.138. The van der Waals surface area contributed by atoms with Gasteiger partial charge in [-0.2, -0.15) is 0 Å². The number of Topliss-reactive ketones (excluding diaryl/α,β-unsaturated/α-hetero) is 1. The molecule has 4 aromatic rings. The molecule has 0 aliphatic carbocycles. The van der Waals surface area contributed by atoms with Gasteiger partial charge in [-0.3, -0.25) is 14.5 Å². The number of hydrogen-bond donors (Lipinski definition) is 1. The number of esters is 1. The zero-order valence-corrected chi connectivity index (χ0v) is 20.8. The van der Waals surface area contributed by atoms with Crippen LogP contribution in [0.15, 0.2) is 88.5 Å². The number of nitrogens with zero attached hydrogens (tertiary/aromatic N) is 1. The second kappa shape index (κ2) is 9.59. The largest absolute Gasteiger partial charge is 0.503 e. The molecule has 0 bridgehead atoms. The molecule has 37 heavy (non-hydrogen) atoms. The molecule has 186 valence electrons. The highest BCUT2D eigenvalue weighted by Crippen LogP contribution is 2.42. The Hall–Kier alpha value is -4.36. The van der Waals surface area contributed by atoms with E-state index in [0.717, 1.165) is 12.0 Å². The van der Waals surface area contributed by atoms with Crippen LogP contribution in [0.1, 0.15) is 45.0 Å². The number of methoxy groups -OCH3 is 1. The van der Waals surface area contributed by atoms with E-state index >= 15 is 0 Å².